The number of carboxylic acid groups (broad SMARTS) is 1. The van der Waals surface area contributed by atoms with Gasteiger partial charge in [-0.2, -0.15) is 4.98 Å². The van der Waals surface area contributed by atoms with Crippen molar-refractivity contribution in [1.82, 2.24) is 10.1 Å². The number of aromatic nitrogens is 2. The van der Waals surface area contributed by atoms with E-state index in [-0.39, 0.29) is 6.42 Å². The Kier molecular flexibility index (Phi) is 5.36. The van der Waals surface area contributed by atoms with Gasteiger partial charge in [-0.15, -0.1) is 0 Å². The van der Waals surface area contributed by atoms with E-state index in [0.717, 1.165) is 25.1 Å². The molecule has 1 heterocycles. The molecule has 1 aromatic heterocycles. The van der Waals surface area contributed by atoms with Gasteiger partial charge in [0.15, 0.2) is 5.82 Å². The lowest BCUT2D eigenvalue weighted by Gasteiger charge is -2.07. The van der Waals surface area contributed by atoms with Crippen molar-refractivity contribution in [2.45, 2.75) is 70.1 Å². The number of aryl methyl sites for hydroxylation is 1. The SMILES string of the molecule is O=C(O)CCCCc1nc(C2CCCCCC2)no1. The van der Waals surface area contributed by atoms with Crippen LogP contribution in [0.15, 0.2) is 4.52 Å². The monoisotopic (exact) mass is 266 g/mol. The minimum Gasteiger partial charge on any atom is -0.481 e. The second-order valence-corrected chi connectivity index (χ2v) is 5.34. The first-order valence-corrected chi connectivity index (χ1v) is 7.30. The minimum absolute atomic E-state index is 0.212. The molecule has 0 bridgehead atoms. The summed E-state index contributed by atoms with van der Waals surface area (Å²) in [5, 5.41) is 12.7. The van der Waals surface area contributed by atoms with E-state index in [9.17, 15) is 4.79 Å². The van der Waals surface area contributed by atoms with Crippen LogP contribution in [0.25, 0.3) is 0 Å². The van der Waals surface area contributed by atoms with Gasteiger partial charge in [-0.25, -0.2) is 0 Å². The van der Waals surface area contributed by atoms with Gasteiger partial charge >= 0.3 is 5.97 Å². The van der Waals surface area contributed by atoms with Crippen LogP contribution < -0.4 is 0 Å². The molecule has 5 nitrogen and oxygen atoms in total. The van der Waals surface area contributed by atoms with Crippen LogP contribution in [0.4, 0.5) is 0 Å². The van der Waals surface area contributed by atoms with Gasteiger partial charge in [0.1, 0.15) is 0 Å². The summed E-state index contributed by atoms with van der Waals surface area (Å²) < 4.78 is 5.26. The highest BCUT2D eigenvalue weighted by molar-refractivity contribution is 5.66. The van der Waals surface area contributed by atoms with Gasteiger partial charge in [0.05, 0.1) is 0 Å². The van der Waals surface area contributed by atoms with Gasteiger partial charge in [0.25, 0.3) is 0 Å². The van der Waals surface area contributed by atoms with Crippen LogP contribution in [0.2, 0.25) is 0 Å². The number of aliphatic carboxylic acids is 1. The van der Waals surface area contributed by atoms with Crippen molar-refractivity contribution >= 4 is 5.97 Å². The maximum absolute atomic E-state index is 10.4. The van der Waals surface area contributed by atoms with Gasteiger partial charge in [0.2, 0.25) is 5.89 Å². The first-order valence-electron chi connectivity index (χ1n) is 7.30. The molecule has 0 aliphatic heterocycles. The Labute approximate surface area is 113 Å². The third kappa shape index (κ3) is 4.65. The van der Waals surface area contributed by atoms with Crippen molar-refractivity contribution in [3.63, 3.8) is 0 Å². The number of carbonyl (C=O) groups is 1. The van der Waals surface area contributed by atoms with Crippen molar-refractivity contribution in [3.05, 3.63) is 11.7 Å². The number of hydrogen-bond donors (Lipinski definition) is 1. The summed E-state index contributed by atoms with van der Waals surface area (Å²) in [6.45, 7) is 0. The Morgan fingerprint density at radius 2 is 1.95 bits per heavy atom. The van der Waals surface area contributed by atoms with Crippen LogP contribution in [0, 0.1) is 0 Å². The summed E-state index contributed by atoms with van der Waals surface area (Å²) in [5.41, 5.74) is 0. The number of carboxylic acids is 1. The Bertz CT molecular complexity index is 395. The lowest BCUT2D eigenvalue weighted by molar-refractivity contribution is -0.137. The molecule has 0 atom stereocenters. The Hall–Kier alpha value is -1.39. The molecule has 0 spiro atoms. The lowest BCUT2D eigenvalue weighted by Crippen LogP contribution is -2.00. The predicted octanol–water partition coefficient (Wildman–Crippen LogP) is 3.30. The summed E-state index contributed by atoms with van der Waals surface area (Å²) in [5.74, 6) is 1.23. The molecular weight excluding hydrogens is 244 g/mol. The largest absolute Gasteiger partial charge is 0.481 e. The molecular formula is C14H22N2O3. The molecule has 1 aliphatic rings. The van der Waals surface area contributed by atoms with Gasteiger partial charge in [0, 0.05) is 18.8 Å². The zero-order valence-electron chi connectivity index (χ0n) is 11.3. The second kappa shape index (κ2) is 7.26. The number of unbranched alkanes of at least 4 members (excludes halogenated alkanes) is 1. The maximum atomic E-state index is 10.4. The molecule has 1 fully saturated rings. The smallest absolute Gasteiger partial charge is 0.303 e. The molecule has 1 aromatic rings. The fourth-order valence-corrected chi connectivity index (χ4v) is 2.63. The predicted molar refractivity (Wildman–Crippen MR) is 69.9 cm³/mol. The summed E-state index contributed by atoms with van der Waals surface area (Å²) in [6, 6.07) is 0. The van der Waals surface area contributed by atoms with Crippen molar-refractivity contribution in [1.29, 1.82) is 0 Å². The van der Waals surface area contributed by atoms with Crippen molar-refractivity contribution < 1.29 is 14.4 Å². The summed E-state index contributed by atoms with van der Waals surface area (Å²) >= 11 is 0. The fourth-order valence-electron chi connectivity index (χ4n) is 2.63. The first-order chi connectivity index (χ1) is 9.25. The third-order valence-electron chi connectivity index (χ3n) is 3.74. The molecule has 1 aliphatic carbocycles. The zero-order chi connectivity index (χ0) is 13.5. The van der Waals surface area contributed by atoms with E-state index in [2.05, 4.69) is 10.1 Å². The van der Waals surface area contributed by atoms with Crippen LogP contribution in [-0.2, 0) is 11.2 Å². The zero-order valence-corrected chi connectivity index (χ0v) is 11.3. The van der Waals surface area contributed by atoms with Crippen molar-refractivity contribution in [3.8, 4) is 0 Å². The average molecular weight is 266 g/mol. The first kappa shape index (κ1) is 14.0. The van der Waals surface area contributed by atoms with Crippen LogP contribution in [0.5, 0.6) is 0 Å². The van der Waals surface area contributed by atoms with Gasteiger partial charge in [-0.3, -0.25) is 4.79 Å². The van der Waals surface area contributed by atoms with Crippen molar-refractivity contribution in [2.24, 2.45) is 0 Å². The maximum Gasteiger partial charge on any atom is 0.303 e. The second-order valence-electron chi connectivity index (χ2n) is 5.34. The highest BCUT2D eigenvalue weighted by Crippen LogP contribution is 2.29. The van der Waals surface area contributed by atoms with E-state index >= 15 is 0 Å². The van der Waals surface area contributed by atoms with E-state index in [1.54, 1.807) is 0 Å². The highest BCUT2D eigenvalue weighted by atomic mass is 16.5. The van der Waals surface area contributed by atoms with Crippen molar-refractivity contribution in [2.75, 3.05) is 0 Å². The van der Waals surface area contributed by atoms with Crippen LogP contribution in [0.1, 0.15) is 75.4 Å². The van der Waals surface area contributed by atoms with Gasteiger partial charge in [-0.1, -0.05) is 30.8 Å². The molecule has 2 rings (SSSR count). The highest BCUT2D eigenvalue weighted by Gasteiger charge is 2.19. The normalized spacial score (nSPS) is 17.3. The van der Waals surface area contributed by atoms with E-state index in [4.69, 9.17) is 9.63 Å². The average Bonchev–Trinajstić information content (AvgIpc) is 2.68. The summed E-state index contributed by atoms with van der Waals surface area (Å²) in [7, 11) is 0. The molecule has 19 heavy (non-hydrogen) atoms. The molecule has 0 radical (unpaired) electrons. The standard InChI is InChI=1S/C14H22N2O3/c17-13(18)10-6-5-9-12-15-14(16-19-12)11-7-3-1-2-4-8-11/h11H,1-10H2,(H,17,18). The molecule has 106 valence electrons. The molecule has 0 aromatic carbocycles. The quantitative estimate of drug-likeness (QED) is 0.631. The number of nitrogens with zero attached hydrogens (tertiary/aromatic N) is 2. The molecule has 0 saturated heterocycles. The Morgan fingerprint density at radius 1 is 1.21 bits per heavy atom. The minimum atomic E-state index is -0.746. The van der Waals surface area contributed by atoms with Gasteiger partial charge in [-0.05, 0) is 25.7 Å². The number of rotatable bonds is 6. The fraction of sp³-hybridized carbons (Fsp3) is 0.786. The molecule has 1 N–H and O–H groups in total. The Balaban J connectivity index is 1.79. The third-order valence-corrected chi connectivity index (χ3v) is 3.74. The van der Waals surface area contributed by atoms with Crippen LogP contribution in [-0.4, -0.2) is 21.2 Å². The summed E-state index contributed by atoms with van der Waals surface area (Å²) in [6.07, 6.45) is 9.83. The van der Waals surface area contributed by atoms with Crippen LogP contribution >= 0.6 is 0 Å². The van der Waals surface area contributed by atoms with E-state index in [1.165, 1.54) is 25.7 Å². The topological polar surface area (TPSA) is 76.2 Å². The van der Waals surface area contributed by atoms with Gasteiger partial charge < -0.3 is 9.63 Å². The molecule has 0 amide bonds. The molecule has 0 unspecified atom stereocenters. The van der Waals surface area contributed by atoms with E-state index in [1.807, 2.05) is 0 Å². The Morgan fingerprint density at radius 3 is 2.63 bits per heavy atom. The number of hydrogen-bond acceptors (Lipinski definition) is 4. The molecule has 5 heteroatoms. The van der Waals surface area contributed by atoms with Crippen LogP contribution in [0.3, 0.4) is 0 Å². The summed E-state index contributed by atoms with van der Waals surface area (Å²) in [4.78, 5) is 14.9. The lowest BCUT2D eigenvalue weighted by atomic mass is 10.00. The van der Waals surface area contributed by atoms with E-state index < -0.39 is 5.97 Å². The van der Waals surface area contributed by atoms with E-state index in [0.29, 0.717) is 24.7 Å². The molecule has 1 saturated carbocycles.